The van der Waals surface area contributed by atoms with E-state index in [-0.39, 0.29) is 18.4 Å². The summed E-state index contributed by atoms with van der Waals surface area (Å²) < 4.78 is 1.95. The van der Waals surface area contributed by atoms with Gasteiger partial charge >= 0.3 is 0 Å². The first-order chi connectivity index (χ1) is 13.7. The van der Waals surface area contributed by atoms with Crippen LogP contribution in [0.5, 0.6) is 0 Å². The van der Waals surface area contributed by atoms with Crippen molar-refractivity contribution in [1.82, 2.24) is 9.47 Å². The number of carbonyl (C=O) groups excluding carboxylic acids is 2. The van der Waals surface area contributed by atoms with Crippen LogP contribution in [0.1, 0.15) is 37.5 Å². The number of aryl methyl sites for hydroxylation is 4. The highest BCUT2D eigenvalue weighted by Crippen LogP contribution is 2.32. The van der Waals surface area contributed by atoms with Gasteiger partial charge in [0.1, 0.15) is 5.00 Å². The topological polar surface area (TPSA) is 54.3 Å². The maximum Gasteiger partial charge on any atom is 0.257 e. The Morgan fingerprint density at radius 2 is 1.62 bits per heavy atom. The van der Waals surface area contributed by atoms with Crippen molar-refractivity contribution in [2.75, 3.05) is 18.9 Å². The molecule has 29 heavy (non-hydrogen) atoms. The first-order valence-electron chi connectivity index (χ1n) is 9.55. The Balaban J connectivity index is 1.79. The van der Waals surface area contributed by atoms with E-state index in [2.05, 4.69) is 5.32 Å². The van der Waals surface area contributed by atoms with Crippen molar-refractivity contribution >= 4 is 28.8 Å². The van der Waals surface area contributed by atoms with Gasteiger partial charge in [0.05, 0.1) is 12.1 Å². The quantitative estimate of drug-likeness (QED) is 0.659. The van der Waals surface area contributed by atoms with E-state index in [0.29, 0.717) is 5.56 Å². The number of aromatic nitrogens is 1. The smallest absolute Gasteiger partial charge is 0.257 e. The minimum atomic E-state index is -0.206. The van der Waals surface area contributed by atoms with Crippen molar-refractivity contribution in [3.63, 3.8) is 0 Å². The number of likely N-dealkylation sites (N-methyl/N-ethyl adjacent to an activating group) is 1. The Hall–Kier alpha value is -2.86. The summed E-state index contributed by atoms with van der Waals surface area (Å²) in [6.45, 7) is 9.95. The minimum absolute atomic E-state index is 0.00889. The number of nitrogens with zero attached hydrogens (tertiary/aromatic N) is 2. The molecule has 6 heteroatoms. The van der Waals surface area contributed by atoms with E-state index >= 15 is 0 Å². The molecule has 0 bridgehead atoms. The number of carbonyl (C=O) groups is 2. The highest BCUT2D eigenvalue weighted by Gasteiger charge is 2.24. The molecule has 0 unspecified atom stereocenters. The molecule has 0 saturated heterocycles. The van der Waals surface area contributed by atoms with E-state index in [9.17, 15) is 9.59 Å². The maximum atomic E-state index is 13.2. The molecule has 1 aromatic carbocycles. The molecule has 0 aliphatic heterocycles. The molecule has 3 aromatic rings. The van der Waals surface area contributed by atoms with Crippen LogP contribution in [0.4, 0.5) is 5.69 Å². The zero-order valence-electron chi connectivity index (χ0n) is 17.8. The molecule has 1 N–H and O–H groups in total. The summed E-state index contributed by atoms with van der Waals surface area (Å²) in [6.07, 6.45) is 3.86. The van der Waals surface area contributed by atoms with Crippen molar-refractivity contribution in [2.45, 2.75) is 34.6 Å². The normalized spacial score (nSPS) is 10.8. The van der Waals surface area contributed by atoms with Gasteiger partial charge in [-0.2, -0.15) is 0 Å². The number of hydrogen-bond acceptors (Lipinski definition) is 3. The zero-order chi connectivity index (χ0) is 21.3. The van der Waals surface area contributed by atoms with Crippen LogP contribution in [-0.4, -0.2) is 34.9 Å². The molecule has 0 radical (unpaired) electrons. The Morgan fingerprint density at radius 3 is 2.21 bits per heavy atom. The summed E-state index contributed by atoms with van der Waals surface area (Å²) >= 11 is 1.59. The van der Waals surface area contributed by atoms with Crippen LogP contribution in [0.15, 0.2) is 36.7 Å². The zero-order valence-corrected chi connectivity index (χ0v) is 18.6. The van der Waals surface area contributed by atoms with Crippen LogP contribution >= 0.6 is 11.3 Å². The van der Waals surface area contributed by atoms with Gasteiger partial charge in [-0.15, -0.1) is 11.3 Å². The van der Waals surface area contributed by atoms with Crippen LogP contribution in [0.2, 0.25) is 0 Å². The molecule has 0 spiro atoms. The third kappa shape index (κ3) is 4.27. The van der Waals surface area contributed by atoms with Crippen molar-refractivity contribution in [2.24, 2.45) is 0 Å². The molecule has 5 nitrogen and oxygen atoms in total. The number of anilines is 1. The van der Waals surface area contributed by atoms with E-state index in [4.69, 9.17) is 0 Å². The largest absolute Gasteiger partial charge is 0.332 e. The SMILES string of the molecule is Cc1cc(C)c(NC(=O)CN(C)C(=O)c2c(-n3cccc3)sc(C)c2C)c(C)c1. The first-order valence-corrected chi connectivity index (χ1v) is 10.4. The van der Waals surface area contributed by atoms with E-state index < -0.39 is 0 Å². The van der Waals surface area contributed by atoms with Gasteiger partial charge in [0.2, 0.25) is 5.91 Å². The predicted molar refractivity (Wildman–Crippen MR) is 119 cm³/mol. The van der Waals surface area contributed by atoms with Crippen molar-refractivity contribution < 1.29 is 9.59 Å². The van der Waals surface area contributed by atoms with Crippen LogP contribution in [0.3, 0.4) is 0 Å². The lowest BCUT2D eigenvalue weighted by atomic mass is 10.1. The van der Waals surface area contributed by atoms with Crippen LogP contribution in [-0.2, 0) is 4.79 Å². The van der Waals surface area contributed by atoms with Gasteiger partial charge in [0.25, 0.3) is 5.91 Å². The Bertz CT molecular complexity index is 1040. The Labute approximate surface area is 176 Å². The summed E-state index contributed by atoms with van der Waals surface area (Å²) in [5.41, 5.74) is 5.62. The van der Waals surface area contributed by atoms with E-state index in [0.717, 1.165) is 37.8 Å². The van der Waals surface area contributed by atoms with Gasteiger partial charge in [-0.25, -0.2) is 0 Å². The molecule has 0 aliphatic rings. The van der Waals surface area contributed by atoms with Crippen LogP contribution in [0.25, 0.3) is 5.00 Å². The summed E-state index contributed by atoms with van der Waals surface area (Å²) in [5, 5.41) is 3.85. The van der Waals surface area contributed by atoms with Gasteiger partial charge in [-0.3, -0.25) is 9.59 Å². The molecule has 2 aromatic heterocycles. The number of nitrogens with one attached hydrogen (secondary N) is 1. The lowest BCUT2D eigenvalue weighted by Crippen LogP contribution is -2.35. The number of thiophene rings is 1. The monoisotopic (exact) mass is 409 g/mol. The average molecular weight is 410 g/mol. The van der Waals surface area contributed by atoms with Gasteiger partial charge in [-0.1, -0.05) is 17.7 Å². The lowest BCUT2D eigenvalue weighted by molar-refractivity contribution is -0.116. The summed E-state index contributed by atoms with van der Waals surface area (Å²) in [6, 6.07) is 7.95. The van der Waals surface area contributed by atoms with Crippen molar-refractivity contribution in [3.05, 3.63) is 69.4 Å². The van der Waals surface area contributed by atoms with Crippen molar-refractivity contribution in [3.8, 4) is 5.00 Å². The summed E-state index contributed by atoms with van der Waals surface area (Å²) in [7, 11) is 1.67. The van der Waals surface area contributed by atoms with Crippen molar-refractivity contribution in [1.29, 1.82) is 0 Å². The number of hydrogen-bond donors (Lipinski definition) is 1. The molecule has 0 aliphatic carbocycles. The predicted octanol–water partition coefficient (Wildman–Crippen LogP) is 4.79. The van der Waals surface area contributed by atoms with Gasteiger partial charge in [0, 0.05) is 30.0 Å². The molecule has 2 amide bonds. The molecular formula is C23H27N3O2S. The second-order valence-corrected chi connectivity index (χ2v) is 8.74. The average Bonchev–Trinajstić information content (AvgIpc) is 3.26. The molecule has 152 valence electrons. The number of benzene rings is 1. The fraction of sp³-hybridized carbons (Fsp3) is 0.304. The maximum absolute atomic E-state index is 13.2. The van der Waals surface area contributed by atoms with Crippen LogP contribution in [0, 0.1) is 34.6 Å². The fourth-order valence-electron chi connectivity index (χ4n) is 3.55. The van der Waals surface area contributed by atoms with Gasteiger partial charge in [0.15, 0.2) is 0 Å². The number of amides is 2. The van der Waals surface area contributed by atoms with Gasteiger partial charge < -0.3 is 14.8 Å². The Morgan fingerprint density at radius 1 is 1.03 bits per heavy atom. The second kappa shape index (κ2) is 8.25. The molecule has 0 saturated carbocycles. The fourth-order valence-corrected chi connectivity index (χ4v) is 4.66. The van der Waals surface area contributed by atoms with Gasteiger partial charge in [-0.05, 0) is 63.4 Å². The standard InChI is InChI=1S/C23H27N3O2S/c1-14-11-15(2)21(16(3)12-14)24-19(27)13-25(6)22(28)20-17(4)18(5)29-23(20)26-9-7-8-10-26/h7-12H,13H2,1-6H3,(H,24,27). The molecule has 0 fully saturated rings. The summed E-state index contributed by atoms with van der Waals surface area (Å²) in [5.74, 6) is -0.355. The molecule has 2 heterocycles. The number of rotatable bonds is 5. The molecule has 0 atom stereocenters. The summed E-state index contributed by atoms with van der Waals surface area (Å²) in [4.78, 5) is 28.4. The minimum Gasteiger partial charge on any atom is -0.332 e. The highest BCUT2D eigenvalue weighted by atomic mass is 32.1. The Kier molecular flexibility index (Phi) is 5.94. The van der Waals surface area contributed by atoms with E-state index in [1.54, 1.807) is 18.4 Å². The third-order valence-electron chi connectivity index (χ3n) is 5.09. The lowest BCUT2D eigenvalue weighted by Gasteiger charge is -2.19. The molecule has 3 rings (SSSR count). The highest BCUT2D eigenvalue weighted by molar-refractivity contribution is 7.15. The first kappa shape index (κ1) is 20.9. The second-order valence-electron chi connectivity index (χ2n) is 7.54. The third-order valence-corrected chi connectivity index (χ3v) is 6.31. The van der Waals surface area contributed by atoms with E-state index in [1.165, 1.54) is 4.90 Å². The molecular weight excluding hydrogens is 382 g/mol. The van der Waals surface area contributed by atoms with Crippen LogP contribution < -0.4 is 5.32 Å². The van der Waals surface area contributed by atoms with E-state index in [1.807, 2.05) is 75.8 Å².